The van der Waals surface area contributed by atoms with Gasteiger partial charge in [0.05, 0.1) is 6.54 Å². The molecule has 2 N–H and O–H groups in total. The largest absolute Gasteiger partial charge is 0.326 e. The summed E-state index contributed by atoms with van der Waals surface area (Å²) in [6.45, 7) is 0.835. The Bertz CT molecular complexity index is 413. The number of amides is 2. The molecule has 0 saturated carbocycles. The van der Waals surface area contributed by atoms with Gasteiger partial charge in [0.15, 0.2) is 0 Å². The zero-order valence-corrected chi connectivity index (χ0v) is 8.98. The van der Waals surface area contributed by atoms with E-state index in [1.165, 1.54) is 4.90 Å². The maximum atomic E-state index is 11.4. The van der Waals surface area contributed by atoms with E-state index in [4.69, 9.17) is 5.73 Å². The maximum absolute atomic E-state index is 11.4. The van der Waals surface area contributed by atoms with Crippen LogP contribution < -0.4 is 5.73 Å². The van der Waals surface area contributed by atoms with Crippen LogP contribution in [0.5, 0.6) is 0 Å². The van der Waals surface area contributed by atoms with E-state index in [2.05, 4.69) is 0 Å². The van der Waals surface area contributed by atoms with Gasteiger partial charge >= 0.3 is 0 Å². The number of likely N-dealkylation sites (tertiary alicyclic amines) is 1. The van der Waals surface area contributed by atoms with Gasteiger partial charge in [-0.1, -0.05) is 24.3 Å². The molecule has 4 heteroatoms. The van der Waals surface area contributed by atoms with Crippen molar-refractivity contribution in [3.63, 3.8) is 0 Å². The van der Waals surface area contributed by atoms with Crippen molar-refractivity contribution in [2.24, 2.45) is 5.73 Å². The second-order valence-corrected chi connectivity index (χ2v) is 3.90. The Kier molecular flexibility index (Phi) is 3.01. The quantitative estimate of drug-likeness (QED) is 0.763. The average Bonchev–Trinajstić information content (AvgIpc) is 2.61. The first-order valence-corrected chi connectivity index (χ1v) is 5.32. The number of carbonyl (C=O) groups is 2. The molecule has 16 heavy (non-hydrogen) atoms. The number of carbonyl (C=O) groups excluding carboxylic acids is 2. The Hall–Kier alpha value is -1.68. The highest BCUT2D eigenvalue weighted by atomic mass is 16.2. The summed E-state index contributed by atoms with van der Waals surface area (Å²) >= 11 is 0. The molecule has 1 aromatic carbocycles. The first-order valence-electron chi connectivity index (χ1n) is 5.32. The summed E-state index contributed by atoms with van der Waals surface area (Å²) in [4.78, 5) is 24.2. The van der Waals surface area contributed by atoms with Crippen LogP contribution in [-0.2, 0) is 22.7 Å². The summed E-state index contributed by atoms with van der Waals surface area (Å²) in [5.41, 5.74) is 7.50. The highest BCUT2D eigenvalue weighted by molar-refractivity contribution is 6.01. The van der Waals surface area contributed by atoms with Crippen molar-refractivity contribution in [2.45, 2.75) is 25.9 Å². The minimum Gasteiger partial charge on any atom is -0.326 e. The van der Waals surface area contributed by atoms with E-state index < -0.39 is 0 Å². The fourth-order valence-electron chi connectivity index (χ4n) is 1.84. The molecule has 1 fully saturated rings. The minimum atomic E-state index is -0.0804. The van der Waals surface area contributed by atoms with Gasteiger partial charge in [0.1, 0.15) is 0 Å². The van der Waals surface area contributed by atoms with Gasteiger partial charge in [-0.25, -0.2) is 0 Å². The van der Waals surface area contributed by atoms with Crippen molar-refractivity contribution >= 4 is 11.8 Å². The van der Waals surface area contributed by atoms with Crippen LogP contribution in [0, 0.1) is 0 Å². The van der Waals surface area contributed by atoms with Gasteiger partial charge in [-0.05, 0) is 11.1 Å². The van der Waals surface area contributed by atoms with Gasteiger partial charge in [0, 0.05) is 19.4 Å². The predicted molar refractivity (Wildman–Crippen MR) is 59.1 cm³/mol. The van der Waals surface area contributed by atoms with Crippen molar-refractivity contribution in [3.8, 4) is 0 Å². The van der Waals surface area contributed by atoms with Crippen LogP contribution in [0.2, 0.25) is 0 Å². The number of benzene rings is 1. The van der Waals surface area contributed by atoms with Gasteiger partial charge in [0.2, 0.25) is 11.8 Å². The molecule has 2 rings (SSSR count). The smallest absolute Gasteiger partial charge is 0.229 e. The second kappa shape index (κ2) is 4.45. The summed E-state index contributed by atoms with van der Waals surface area (Å²) in [5, 5.41) is 0. The number of nitrogens with zero attached hydrogens (tertiary/aromatic N) is 1. The van der Waals surface area contributed by atoms with Crippen LogP contribution in [0.1, 0.15) is 24.0 Å². The molecule has 1 saturated heterocycles. The van der Waals surface area contributed by atoms with Crippen molar-refractivity contribution in [3.05, 3.63) is 35.4 Å². The molecular formula is C12H14N2O2. The van der Waals surface area contributed by atoms with Gasteiger partial charge in [-0.2, -0.15) is 0 Å². The highest BCUT2D eigenvalue weighted by Crippen LogP contribution is 2.16. The Morgan fingerprint density at radius 1 is 1.12 bits per heavy atom. The third-order valence-corrected chi connectivity index (χ3v) is 2.72. The molecule has 1 aliphatic rings. The number of nitrogens with two attached hydrogens (primary N) is 1. The van der Waals surface area contributed by atoms with E-state index in [-0.39, 0.29) is 11.8 Å². The molecular weight excluding hydrogens is 204 g/mol. The van der Waals surface area contributed by atoms with Gasteiger partial charge in [0.25, 0.3) is 0 Å². The summed E-state index contributed by atoms with van der Waals surface area (Å²) < 4.78 is 0. The van der Waals surface area contributed by atoms with E-state index in [1.807, 2.05) is 24.3 Å². The molecule has 0 bridgehead atoms. The lowest BCUT2D eigenvalue weighted by atomic mass is 10.1. The average molecular weight is 218 g/mol. The molecule has 1 aromatic rings. The maximum Gasteiger partial charge on any atom is 0.229 e. The van der Waals surface area contributed by atoms with Crippen molar-refractivity contribution in [2.75, 3.05) is 0 Å². The molecule has 0 unspecified atom stereocenters. The molecule has 84 valence electrons. The lowest BCUT2D eigenvalue weighted by Gasteiger charge is -2.14. The molecule has 0 aromatic heterocycles. The van der Waals surface area contributed by atoms with E-state index in [0.717, 1.165) is 11.1 Å². The van der Waals surface area contributed by atoms with Crippen molar-refractivity contribution < 1.29 is 9.59 Å². The Morgan fingerprint density at radius 3 is 2.38 bits per heavy atom. The van der Waals surface area contributed by atoms with Gasteiger partial charge < -0.3 is 5.73 Å². The van der Waals surface area contributed by atoms with E-state index in [1.54, 1.807) is 0 Å². The zero-order chi connectivity index (χ0) is 11.5. The highest BCUT2D eigenvalue weighted by Gasteiger charge is 2.28. The third-order valence-electron chi connectivity index (χ3n) is 2.72. The molecule has 2 amide bonds. The molecule has 1 aliphatic heterocycles. The number of rotatable bonds is 3. The first kappa shape index (κ1) is 10.8. The summed E-state index contributed by atoms with van der Waals surface area (Å²) in [5.74, 6) is -0.161. The van der Waals surface area contributed by atoms with Crippen LogP contribution >= 0.6 is 0 Å². The first-order chi connectivity index (χ1) is 7.70. The van der Waals surface area contributed by atoms with Crippen LogP contribution in [-0.4, -0.2) is 16.7 Å². The Morgan fingerprint density at radius 2 is 1.75 bits per heavy atom. The van der Waals surface area contributed by atoms with Crippen molar-refractivity contribution in [1.29, 1.82) is 0 Å². The number of hydrogen-bond donors (Lipinski definition) is 1. The minimum absolute atomic E-state index is 0.0804. The zero-order valence-electron chi connectivity index (χ0n) is 8.98. The van der Waals surface area contributed by atoms with Gasteiger partial charge in [-0.15, -0.1) is 0 Å². The fraction of sp³-hybridized carbons (Fsp3) is 0.333. The number of hydrogen-bond acceptors (Lipinski definition) is 3. The molecule has 1 heterocycles. The molecule has 0 spiro atoms. The summed E-state index contributed by atoms with van der Waals surface area (Å²) in [6, 6.07) is 7.65. The standard InChI is InChI=1S/C12H14N2O2/c13-7-9-2-1-3-10(6-9)8-14-11(15)4-5-12(14)16/h1-3,6H,4-5,7-8,13H2. The van der Waals surface area contributed by atoms with Crippen LogP contribution in [0.25, 0.3) is 0 Å². The van der Waals surface area contributed by atoms with Crippen LogP contribution in [0.3, 0.4) is 0 Å². The molecule has 4 nitrogen and oxygen atoms in total. The Balaban J connectivity index is 2.14. The lowest BCUT2D eigenvalue weighted by Crippen LogP contribution is -2.28. The number of imide groups is 1. The normalized spacial score (nSPS) is 15.9. The molecule has 0 radical (unpaired) electrons. The predicted octanol–water partition coefficient (Wildman–Crippen LogP) is 0.794. The molecule has 0 atom stereocenters. The SMILES string of the molecule is NCc1cccc(CN2C(=O)CCC2=O)c1. The topological polar surface area (TPSA) is 63.4 Å². The molecule has 0 aliphatic carbocycles. The fourth-order valence-corrected chi connectivity index (χ4v) is 1.84. The van der Waals surface area contributed by atoms with Gasteiger partial charge in [-0.3, -0.25) is 14.5 Å². The monoisotopic (exact) mass is 218 g/mol. The lowest BCUT2D eigenvalue weighted by molar-refractivity contribution is -0.139. The van der Waals surface area contributed by atoms with E-state index in [9.17, 15) is 9.59 Å². The Labute approximate surface area is 94.0 Å². The van der Waals surface area contributed by atoms with E-state index in [0.29, 0.717) is 25.9 Å². The third kappa shape index (κ3) is 2.12. The summed E-state index contributed by atoms with van der Waals surface area (Å²) in [7, 11) is 0. The van der Waals surface area contributed by atoms with Crippen molar-refractivity contribution in [1.82, 2.24) is 4.90 Å². The van der Waals surface area contributed by atoms with E-state index >= 15 is 0 Å². The second-order valence-electron chi connectivity index (χ2n) is 3.90. The van der Waals surface area contributed by atoms with Crippen LogP contribution in [0.4, 0.5) is 0 Å². The van der Waals surface area contributed by atoms with Crippen LogP contribution in [0.15, 0.2) is 24.3 Å². The summed E-state index contributed by atoms with van der Waals surface area (Å²) in [6.07, 6.45) is 0.685.